The minimum absolute atomic E-state index is 0.258. The van der Waals surface area contributed by atoms with Crippen LogP contribution in [0.5, 0.6) is 0 Å². The van der Waals surface area contributed by atoms with Crippen LogP contribution in [0, 0.1) is 0 Å². The molecule has 1 aliphatic carbocycles. The average Bonchev–Trinajstić information content (AvgIpc) is 2.61. The Balaban J connectivity index is 2.06. The lowest BCUT2D eigenvalue weighted by Gasteiger charge is -2.19. The molecule has 2 rings (SSSR count). The molecule has 0 saturated carbocycles. The molecule has 2 N–H and O–H groups in total. The van der Waals surface area contributed by atoms with Crippen molar-refractivity contribution in [2.75, 3.05) is 6.61 Å². The molecule has 2 unspecified atom stereocenters. The molecule has 0 spiro atoms. The first-order valence-electron chi connectivity index (χ1n) is 5.86. The summed E-state index contributed by atoms with van der Waals surface area (Å²) in [5.41, 5.74) is 2.87. The van der Waals surface area contributed by atoms with Crippen molar-refractivity contribution >= 4 is 15.9 Å². The maximum Gasteiger partial charge on any atom is 0.0445 e. The van der Waals surface area contributed by atoms with Crippen LogP contribution in [-0.2, 0) is 6.42 Å². The molecule has 2 atom stereocenters. The van der Waals surface area contributed by atoms with Crippen LogP contribution >= 0.6 is 15.9 Å². The van der Waals surface area contributed by atoms with E-state index in [1.54, 1.807) is 0 Å². The van der Waals surface area contributed by atoms with Crippen molar-refractivity contribution in [2.45, 2.75) is 38.3 Å². The van der Waals surface area contributed by atoms with E-state index in [2.05, 4.69) is 46.4 Å². The fourth-order valence-corrected chi connectivity index (χ4v) is 2.79. The molecular weight excluding hydrogens is 266 g/mol. The standard InChI is InChI=1S/C13H18BrNO/c1-9(6-7-16)15-13-5-2-10-8-11(14)3-4-12(10)13/h3-4,8-9,13,15-16H,2,5-7H2,1H3. The molecule has 1 aromatic carbocycles. The van der Waals surface area contributed by atoms with E-state index in [-0.39, 0.29) is 6.61 Å². The average molecular weight is 284 g/mol. The third-order valence-corrected chi connectivity index (χ3v) is 3.72. The van der Waals surface area contributed by atoms with Crippen LogP contribution < -0.4 is 5.32 Å². The number of aliphatic hydroxyl groups excluding tert-OH is 1. The first kappa shape index (κ1) is 12.1. The van der Waals surface area contributed by atoms with Crippen LogP contribution in [0.25, 0.3) is 0 Å². The van der Waals surface area contributed by atoms with Gasteiger partial charge in [-0.25, -0.2) is 0 Å². The normalized spacial score (nSPS) is 20.8. The van der Waals surface area contributed by atoms with Crippen molar-refractivity contribution in [2.24, 2.45) is 0 Å². The van der Waals surface area contributed by atoms with Gasteiger partial charge >= 0.3 is 0 Å². The van der Waals surface area contributed by atoms with Gasteiger partial charge in [-0.1, -0.05) is 22.0 Å². The summed E-state index contributed by atoms with van der Waals surface area (Å²) in [5.74, 6) is 0. The van der Waals surface area contributed by atoms with Gasteiger partial charge < -0.3 is 10.4 Å². The van der Waals surface area contributed by atoms with E-state index in [4.69, 9.17) is 5.11 Å². The Kier molecular flexibility index (Phi) is 4.00. The van der Waals surface area contributed by atoms with Crippen LogP contribution in [0.1, 0.15) is 36.9 Å². The second-order valence-electron chi connectivity index (χ2n) is 4.51. The summed E-state index contributed by atoms with van der Waals surface area (Å²) in [6, 6.07) is 7.37. The molecule has 3 heteroatoms. The van der Waals surface area contributed by atoms with E-state index in [0.717, 1.165) is 17.3 Å². The molecule has 0 radical (unpaired) electrons. The summed E-state index contributed by atoms with van der Waals surface area (Å²) >= 11 is 3.51. The molecule has 1 aliphatic rings. The molecular formula is C13H18BrNO. The molecule has 0 aromatic heterocycles. The Bertz CT molecular complexity index is 367. The zero-order chi connectivity index (χ0) is 11.5. The SMILES string of the molecule is CC(CCO)NC1CCc2cc(Br)ccc21. The third-order valence-electron chi connectivity index (χ3n) is 3.23. The number of halogens is 1. The Labute approximate surface area is 105 Å². The summed E-state index contributed by atoms with van der Waals surface area (Å²) in [6.45, 7) is 2.39. The number of nitrogens with one attached hydrogen (secondary N) is 1. The third kappa shape index (κ3) is 2.65. The smallest absolute Gasteiger partial charge is 0.0445 e. The first-order chi connectivity index (χ1) is 7.70. The highest BCUT2D eigenvalue weighted by Crippen LogP contribution is 2.33. The van der Waals surface area contributed by atoms with Crippen molar-refractivity contribution in [1.29, 1.82) is 0 Å². The topological polar surface area (TPSA) is 32.3 Å². The van der Waals surface area contributed by atoms with Crippen molar-refractivity contribution < 1.29 is 5.11 Å². The molecule has 0 saturated heterocycles. The first-order valence-corrected chi connectivity index (χ1v) is 6.65. The minimum Gasteiger partial charge on any atom is -0.396 e. The number of aryl methyl sites for hydroxylation is 1. The maximum atomic E-state index is 8.90. The molecule has 0 aliphatic heterocycles. The Morgan fingerprint density at radius 3 is 3.12 bits per heavy atom. The minimum atomic E-state index is 0.258. The highest BCUT2D eigenvalue weighted by Gasteiger charge is 2.23. The number of benzene rings is 1. The van der Waals surface area contributed by atoms with Gasteiger partial charge in [-0.2, -0.15) is 0 Å². The van der Waals surface area contributed by atoms with Gasteiger partial charge in [-0.15, -0.1) is 0 Å². The fourth-order valence-electron chi connectivity index (χ4n) is 2.38. The van der Waals surface area contributed by atoms with Crippen LogP contribution in [0.15, 0.2) is 22.7 Å². The van der Waals surface area contributed by atoms with Crippen LogP contribution in [0.3, 0.4) is 0 Å². The molecule has 1 aromatic rings. The van der Waals surface area contributed by atoms with Crippen molar-refractivity contribution in [1.82, 2.24) is 5.32 Å². The second kappa shape index (κ2) is 5.30. The molecule has 2 nitrogen and oxygen atoms in total. The quantitative estimate of drug-likeness (QED) is 0.891. The number of hydrogen-bond acceptors (Lipinski definition) is 2. The van der Waals surface area contributed by atoms with Crippen LogP contribution in [0.2, 0.25) is 0 Å². The Hall–Kier alpha value is -0.380. The largest absolute Gasteiger partial charge is 0.396 e. The molecule has 0 heterocycles. The Morgan fingerprint density at radius 2 is 2.38 bits per heavy atom. The lowest BCUT2D eigenvalue weighted by Crippen LogP contribution is -2.30. The van der Waals surface area contributed by atoms with Gasteiger partial charge in [-0.05, 0) is 49.4 Å². The highest BCUT2D eigenvalue weighted by molar-refractivity contribution is 9.10. The van der Waals surface area contributed by atoms with Gasteiger partial charge in [0.1, 0.15) is 0 Å². The van der Waals surface area contributed by atoms with Crippen LogP contribution in [-0.4, -0.2) is 17.8 Å². The number of fused-ring (bicyclic) bond motifs is 1. The van der Waals surface area contributed by atoms with E-state index >= 15 is 0 Å². The molecule has 16 heavy (non-hydrogen) atoms. The lowest BCUT2D eigenvalue weighted by molar-refractivity contribution is 0.263. The number of rotatable bonds is 4. The molecule has 88 valence electrons. The predicted molar refractivity (Wildman–Crippen MR) is 69.5 cm³/mol. The zero-order valence-corrected chi connectivity index (χ0v) is 11.1. The summed E-state index contributed by atoms with van der Waals surface area (Å²) in [5, 5.41) is 12.5. The predicted octanol–water partition coefficient (Wildman–Crippen LogP) is 2.80. The van der Waals surface area contributed by atoms with Crippen LogP contribution in [0.4, 0.5) is 0 Å². The lowest BCUT2D eigenvalue weighted by atomic mass is 10.1. The summed E-state index contributed by atoms with van der Waals surface area (Å²) in [4.78, 5) is 0. The van der Waals surface area contributed by atoms with Crippen molar-refractivity contribution in [3.63, 3.8) is 0 Å². The van der Waals surface area contributed by atoms with E-state index in [1.165, 1.54) is 17.5 Å². The van der Waals surface area contributed by atoms with Gasteiger partial charge in [0, 0.05) is 23.2 Å². The van der Waals surface area contributed by atoms with Crippen molar-refractivity contribution in [3.05, 3.63) is 33.8 Å². The van der Waals surface area contributed by atoms with Gasteiger partial charge in [0.25, 0.3) is 0 Å². The Morgan fingerprint density at radius 1 is 1.56 bits per heavy atom. The molecule has 0 amide bonds. The van der Waals surface area contributed by atoms with Gasteiger partial charge in [0.15, 0.2) is 0 Å². The van der Waals surface area contributed by atoms with Gasteiger partial charge in [-0.3, -0.25) is 0 Å². The van der Waals surface area contributed by atoms with E-state index < -0.39 is 0 Å². The highest BCUT2D eigenvalue weighted by atomic mass is 79.9. The molecule has 0 bridgehead atoms. The van der Waals surface area contributed by atoms with E-state index in [1.807, 2.05) is 0 Å². The monoisotopic (exact) mass is 283 g/mol. The summed E-state index contributed by atoms with van der Waals surface area (Å²) < 4.78 is 1.16. The number of hydrogen-bond donors (Lipinski definition) is 2. The summed E-state index contributed by atoms with van der Waals surface area (Å²) in [7, 11) is 0. The maximum absolute atomic E-state index is 8.90. The number of aliphatic hydroxyl groups is 1. The van der Waals surface area contributed by atoms with Gasteiger partial charge in [0.2, 0.25) is 0 Å². The summed E-state index contributed by atoms with van der Waals surface area (Å²) in [6.07, 6.45) is 3.14. The fraction of sp³-hybridized carbons (Fsp3) is 0.538. The second-order valence-corrected chi connectivity index (χ2v) is 5.43. The van der Waals surface area contributed by atoms with E-state index in [9.17, 15) is 0 Å². The zero-order valence-electron chi connectivity index (χ0n) is 9.54. The van der Waals surface area contributed by atoms with Crippen molar-refractivity contribution in [3.8, 4) is 0 Å². The van der Waals surface area contributed by atoms with E-state index in [0.29, 0.717) is 12.1 Å². The molecule has 0 fully saturated rings. The van der Waals surface area contributed by atoms with Gasteiger partial charge in [0.05, 0.1) is 0 Å².